The van der Waals surface area contributed by atoms with E-state index in [0.717, 1.165) is 0 Å². The Kier molecular flexibility index (Phi) is 4.31. The molecule has 0 saturated carbocycles. The lowest BCUT2D eigenvalue weighted by Crippen LogP contribution is -2.16. The van der Waals surface area contributed by atoms with Crippen LogP contribution in [0.3, 0.4) is 0 Å². The molecule has 0 saturated heterocycles. The van der Waals surface area contributed by atoms with Gasteiger partial charge in [0.2, 0.25) is 16.5 Å². The zero-order valence-electron chi connectivity index (χ0n) is 7.54. The van der Waals surface area contributed by atoms with E-state index in [1.807, 2.05) is 6.92 Å². The Morgan fingerprint density at radius 2 is 1.86 bits per heavy atom. The van der Waals surface area contributed by atoms with Gasteiger partial charge in [0, 0.05) is 13.2 Å². The molecule has 0 amide bonds. The SMILES string of the molecule is CC(CO)CNc1nc(Cl)nc(Cl)n1. The Balaban J connectivity index is 2.58. The molecule has 0 bridgehead atoms. The summed E-state index contributed by atoms with van der Waals surface area (Å²) in [4.78, 5) is 11.2. The van der Waals surface area contributed by atoms with Gasteiger partial charge in [0.25, 0.3) is 0 Å². The first-order valence-electron chi connectivity index (χ1n) is 4.03. The second kappa shape index (κ2) is 5.29. The van der Waals surface area contributed by atoms with Gasteiger partial charge in [-0.15, -0.1) is 0 Å². The molecule has 14 heavy (non-hydrogen) atoms. The zero-order chi connectivity index (χ0) is 10.6. The lowest BCUT2D eigenvalue weighted by molar-refractivity contribution is 0.244. The van der Waals surface area contributed by atoms with E-state index in [1.54, 1.807) is 0 Å². The summed E-state index contributed by atoms with van der Waals surface area (Å²) in [5.41, 5.74) is 0. The van der Waals surface area contributed by atoms with Crippen LogP contribution in [-0.2, 0) is 0 Å². The van der Waals surface area contributed by atoms with E-state index in [-0.39, 0.29) is 23.1 Å². The quantitative estimate of drug-likeness (QED) is 0.823. The second-order valence-corrected chi connectivity index (χ2v) is 3.54. The Labute approximate surface area is 91.5 Å². The van der Waals surface area contributed by atoms with Gasteiger partial charge in [-0.05, 0) is 29.1 Å². The molecule has 0 aliphatic carbocycles. The molecule has 0 aromatic carbocycles. The van der Waals surface area contributed by atoms with Crippen molar-refractivity contribution in [3.8, 4) is 0 Å². The highest BCUT2D eigenvalue weighted by Gasteiger charge is 2.04. The average molecular weight is 237 g/mol. The number of nitrogens with zero attached hydrogens (tertiary/aromatic N) is 3. The predicted octanol–water partition coefficient (Wildman–Crippen LogP) is 1.22. The van der Waals surface area contributed by atoms with E-state index in [0.29, 0.717) is 12.5 Å². The van der Waals surface area contributed by atoms with Crippen molar-refractivity contribution < 1.29 is 5.11 Å². The minimum Gasteiger partial charge on any atom is -0.396 e. The molecule has 0 fully saturated rings. The first-order valence-corrected chi connectivity index (χ1v) is 4.79. The van der Waals surface area contributed by atoms with Crippen LogP contribution >= 0.6 is 23.2 Å². The fraction of sp³-hybridized carbons (Fsp3) is 0.571. The molecule has 0 aliphatic heterocycles. The van der Waals surface area contributed by atoms with Gasteiger partial charge in [0.05, 0.1) is 0 Å². The zero-order valence-corrected chi connectivity index (χ0v) is 9.05. The van der Waals surface area contributed by atoms with E-state index in [1.165, 1.54) is 0 Å². The fourth-order valence-electron chi connectivity index (χ4n) is 0.735. The van der Waals surface area contributed by atoms with Crippen molar-refractivity contribution in [3.63, 3.8) is 0 Å². The van der Waals surface area contributed by atoms with Gasteiger partial charge in [-0.3, -0.25) is 0 Å². The Hall–Kier alpha value is -0.650. The molecule has 1 atom stereocenters. The maximum atomic E-state index is 8.78. The van der Waals surface area contributed by atoms with E-state index in [2.05, 4.69) is 20.3 Å². The van der Waals surface area contributed by atoms with Crippen LogP contribution in [-0.4, -0.2) is 33.2 Å². The highest BCUT2D eigenvalue weighted by molar-refractivity contribution is 6.31. The van der Waals surface area contributed by atoms with Crippen molar-refractivity contribution in [2.24, 2.45) is 5.92 Å². The third-order valence-corrected chi connectivity index (χ3v) is 1.84. The average Bonchev–Trinajstić information content (AvgIpc) is 2.12. The number of halogens is 2. The van der Waals surface area contributed by atoms with Crippen LogP contribution in [0.1, 0.15) is 6.92 Å². The fourth-order valence-corrected chi connectivity index (χ4v) is 1.10. The summed E-state index contributed by atoms with van der Waals surface area (Å²) in [6.07, 6.45) is 0. The molecular formula is C7H10Cl2N4O. The van der Waals surface area contributed by atoms with Crippen molar-refractivity contribution in [1.29, 1.82) is 0 Å². The number of aliphatic hydroxyl groups is 1. The maximum absolute atomic E-state index is 8.78. The van der Waals surface area contributed by atoms with Crippen LogP contribution in [0.5, 0.6) is 0 Å². The molecule has 0 aliphatic rings. The maximum Gasteiger partial charge on any atom is 0.228 e. The summed E-state index contributed by atoms with van der Waals surface area (Å²) in [6.45, 7) is 2.53. The Bertz CT molecular complexity index is 289. The summed E-state index contributed by atoms with van der Waals surface area (Å²) in [7, 11) is 0. The van der Waals surface area contributed by atoms with Crippen molar-refractivity contribution in [2.75, 3.05) is 18.5 Å². The molecule has 0 radical (unpaired) electrons. The lowest BCUT2D eigenvalue weighted by atomic mass is 10.2. The molecule has 5 nitrogen and oxygen atoms in total. The Morgan fingerprint density at radius 1 is 1.29 bits per heavy atom. The standard InChI is InChI=1S/C7H10Cl2N4O/c1-4(3-14)2-10-7-12-5(8)11-6(9)13-7/h4,14H,2-3H2,1H3,(H,10,11,12,13). The molecule has 1 heterocycles. The highest BCUT2D eigenvalue weighted by atomic mass is 35.5. The minimum atomic E-state index is 0.0455. The van der Waals surface area contributed by atoms with Crippen molar-refractivity contribution in [3.05, 3.63) is 10.6 Å². The number of hydrogen-bond acceptors (Lipinski definition) is 5. The van der Waals surface area contributed by atoms with E-state index in [4.69, 9.17) is 28.3 Å². The Morgan fingerprint density at radius 3 is 2.36 bits per heavy atom. The predicted molar refractivity (Wildman–Crippen MR) is 54.6 cm³/mol. The van der Waals surface area contributed by atoms with Crippen LogP contribution in [0.25, 0.3) is 0 Å². The summed E-state index contributed by atoms with van der Waals surface area (Å²) in [6, 6.07) is 0. The smallest absolute Gasteiger partial charge is 0.228 e. The number of anilines is 1. The van der Waals surface area contributed by atoms with Crippen LogP contribution in [0.4, 0.5) is 5.95 Å². The third kappa shape index (κ3) is 3.61. The molecule has 2 N–H and O–H groups in total. The minimum absolute atomic E-state index is 0.0455. The van der Waals surface area contributed by atoms with Gasteiger partial charge >= 0.3 is 0 Å². The van der Waals surface area contributed by atoms with Crippen LogP contribution < -0.4 is 5.32 Å². The van der Waals surface area contributed by atoms with Crippen LogP contribution in [0, 0.1) is 5.92 Å². The van der Waals surface area contributed by atoms with E-state index < -0.39 is 0 Å². The second-order valence-electron chi connectivity index (χ2n) is 2.87. The summed E-state index contributed by atoms with van der Waals surface area (Å²) in [5, 5.41) is 11.8. The van der Waals surface area contributed by atoms with E-state index >= 15 is 0 Å². The number of nitrogens with one attached hydrogen (secondary N) is 1. The lowest BCUT2D eigenvalue weighted by Gasteiger charge is -2.08. The largest absolute Gasteiger partial charge is 0.396 e. The van der Waals surface area contributed by atoms with Gasteiger partial charge < -0.3 is 10.4 Å². The molecule has 1 aromatic heterocycles. The van der Waals surface area contributed by atoms with Gasteiger partial charge in [0.1, 0.15) is 0 Å². The van der Waals surface area contributed by atoms with Gasteiger partial charge in [-0.1, -0.05) is 6.92 Å². The molecule has 78 valence electrons. The number of rotatable bonds is 4. The monoisotopic (exact) mass is 236 g/mol. The number of hydrogen-bond donors (Lipinski definition) is 2. The van der Waals surface area contributed by atoms with Crippen molar-refractivity contribution in [1.82, 2.24) is 15.0 Å². The summed E-state index contributed by atoms with van der Waals surface area (Å²) < 4.78 is 0. The summed E-state index contributed by atoms with van der Waals surface area (Å²) >= 11 is 11.1. The van der Waals surface area contributed by atoms with Gasteiger partial charge in [0.15, 0.2) is 0 Å². The first-order chi connectivity index (χ1) is 6.61. The van der Waals surface area contributed by atoms with Crippen molar-refractivity contribution in [2.45, 2.75) is 6.92 Å². The molecule has 1 rings (SSSR count). The third-order valence-electron chi connectivity index (χ3n) is 1.50. The van der Waals surface area contributed by atoms with E-state index in [9.17, 15) is 0 Å². The molecular weight excluding hydrogens is 227 g/mol. The van der Waals surface area contributed by atoms with Crippen molar-refractivity contribution >= 4 is 29.2 Å². The normalized spacial score (nSPS) is 12.6. The highest BCUT2D eigenvalue weighted by Crippen LogP contribution is 2.09. The van der Waals surface area contributed by atoms with Gasteiger partial charge in [-0.2, -0.15) is 15.0 Å². The summed E-state index contributed by atoms with van der Waals surface area (Å²) in [5.74, 6) is 0.430. The molecule has 0 spiro atoms. The number of aliphatic hydroxyl groups excluding tert-OH is 1. The molecule has 1 unspecified atom stereocenters. The van der Waals surface area contributed by atoms with Gasteiger partial charge in [-0.25, -0.2) is 0 Å². The number of aromatic nitrogens is 3. The molecule has 1 aromatic rings. The van der Waals surface area contributed by atoms with Crippen LogP contribution in [0.15, 0.2) is 0 Å². The first kappa shape index (κ1) is 11.4. The topological polar surface area (TPSA) is 70.9 Å². The van der Waals surface area contributed by atoms with Crippen LogP contribution in [0.2, 0.25) is 10.6 Å². The molecule has 7 heteroatoms.